The van der Waals surface area contributed by atoms with E-state index in [1.807, 2.05) is 13.8 Å². The van der Waals surface area contributed by atoms with Gasteiger partial charge in [-0.3, -0.25) is 9.89 Å². The van der Waals surface area contributed by atoms with E-state index in [-0.39, 0.29) is 18.1 Å². The summed E-state index contributed by atoms with van der Waals surface area (Å²) in [6, 6.07) is 0. The summed E-state index contributed by atoms with van der Waals surface area (Å²) in [4.78, 5) is 16.0. The molecular formula is C12H17N5O2. The Labute approximate surface area is 110 Å². The van der Waals surface area contributed by atoms with E-state index in [0.29, 0.717) is 18.0 Å². The predicted octanol–water partition coefficient (Wildman–Crippen LogP) is 1.03. The molecule has 2 rings (SSSR count). The van der Waals surface area contributed by atoms with E-state index in [9.17, 15) is 4.79 Å². The van der Waals surface area contributed by atoms with Gasteiger partial charge >= 0.3 is 0 Å². The van der Waals surface area contributed by atoms with Crippen LogP contribution in [0, 0.1) is 0 Å². The normalized spacial score (nSPS) is 10.6. The first kappa shape index (κ1) is 13.1. The lowest BCUT2D eigenvalue weighted by atomic mass is 10.2. The molecule has 0 radical (unpaired) electrons. The number of H-pyrrole nitrogens is 1. The summed E-state index contributed by atoms with van der Waals surface area (Å²) in [5.74, 6) is 0.913. The van der Waals surface area contributed by atoms with Gasteiger partial charge in [0.2, 0.25) is 5.89 Å². The van der Waals surface area contributed by atoms with E-state index in [0.717, 1.165) is 17.9 Å². The van der Waals surface area contributed by atoms with E-state index in [2.05, 4.69) is 20.5 Å². The molecule has 0 atom stereocenters. The van der Waals surface area contributed by atoms with Crippen LogP contribution < -0.4 is 11.1 Å². The second kappa shape index (κ2) is 5.55. The van der Waals surface area contributed by atoms with Gasteiger partial charge in [-0.1, -0.05) is 13.8 Å². The highest BCUT2D eigenvalue weighted by Gasteiger charge is 2.16. The maximum Gasteiger partial charge on any atom is 0.274 e. The first-order chi connectivity index (χ1) is 9.15. The van der Waals surface area contributed by atoms with Crippen molar-refractivity contribution in [1.29, 1.82) is 0 Å². The average molecular weight is 263 g/mol. The molecule has 102 valence electrons. The van der Waals surface area contributed by atoms with E-state index < -0.39 is 0 Å². The van der Waals surface area contributed by atoms with Gasteiger partial charge in [0.1, 0.15) is 5.76 Å². The molecule has 0 saturated heterocycles. The minimum Gasteiger partial charge on any atom is -0.444 e. The second-order valence-electron chi connectivity index (χ2n) is 4.07. The lowest BCUT2D eigenvalue weighted by Crippen LogP contribution is -2.24. The van der Waals surface area contributed by atoms with Gasteiger partial charge in [-0.15, -0.1) is 0 Å². The molecule has 7 nitrogen and oxygen atoms in total. The van der Waals surface area contributed by atoms with Crippen LogP contribution in [0.25, 0.3) is 0 Å². The van der Waals surface area contributed by atoms with Gasteiger partial charge < -0.3 is 15.5 Å². The number of anilines is 1. The van der Waals surface area contributed by atoms with Crippen LogP contribution >= 0.6 is 0 Å². The number of carbonyl (C=O) groups excluding carboxylic acids is 1. The third-order valence-electron chi connectivity index (χ3n) is 2.80. The van der Waals surface area contributed by atoms with Crippen molar-refractivity contribution in [2.24, 2.45) is 0 Å². The monoisotopic (exact) mass is 263 g/mol. The number of nitrogens with zero attached hydrogens (tertiary/aromatic N) is 2. The number of aromatic amines is 1. The van der Waals surface area contributed by atoms with Gasteiger partial charge in [0, 0.05) is 6.42 Å². The summed E-state index contributed by atoms with van der Waals surface area (Å²) >= 11 is 0. The molecule has 2 heterocycles. The Hall–Kier alpha value is -2.31. The highest BCUT2D eigenvalue weighted by molar-refractivity contribution is 5.97. The van der Waals surface area contributed by atoms with Crippen LogP contribution in [-0.2, 0) is 19.4 Å². The number of rotatable bonds is 5. The topological polar surface area (TPSA) is 110 Å². The summed E-state index contributed by atoms with van der Waals surface area (Å²) in [5, 5.41) is 9.32. The minimum absolute atomic E-state index is 0.208. The lowest BCUT2D eigenvalue weighted by molar-refractivity contribution is 0.0943. The quantitative estimate of drug-likeness (QED) is 0.746. The molecule has 0 unspecified atom stereocenters. The van der Waals surface area contributed by atoms with Gasteiger partial charge in [-0.25, -0.2) is 4.98 Å². The molecule has 0 aromatic carbocycles. The maximum absolute atomic E-state index is 11.9. The molecule has 0 aliphatic carbocycles. The second-order valence-corrected chi connectivity index (χ2v) is 4.07. The zero-order chi connectivity index (χ0) is 13.8. The van der Waals surface area contributed by atoms with Gasteiger partial charge in [0.15, 0.2) is 5.69 Å². The molecule has 0 aliphatic rings. The van der Waals surface area contributed by atoms with Crippen molar-refractivity contribution >= 4 is 11.6 Å². The molecule has 19 heavy (non-hydrogen) atoms. The predicted molar refractivity (Wildman–Crippen MR) is 69.4 cm³/mol. The van der Waals surface area contributed by atoms with Crippen LogP contribution in [0.3, 0.4) is 0 Å². The fourth-order valence-corrected chi connectivity index (χ4v) is 1.66. The molecule has 2 aromatic rings. The Morgan fingerprint density at radius 3 is 2.84 bits per heavy atom. The van der Waals surface area contributed by atoms with Crippen LogP contribution in [0.4, 0.5) is 5.69 Å². The van der Waals surface area contributed by atoms with Gasteiger partial charge in [0.05, 0.1) is 24.1 Å². The van der Waals surface area contributed by atoms with Crippen molar-refractivity contribution in [1.82, 2.24) is 20.5 Å². The number of carbonyl (C=O) groups is 1. The molecule has 1 amide bonds. The third-order valence-corrected chi connectivity index (χ3v) is 2.80. The van der Waals surface area contributed by atoms with Crippen LogP contribution in [0.2, 0.25) is 0 Å². The molecule has 0 saturated carbocycles. The van der Waals surface area contributed by atoms with Gasteiger partial charge in [-0.05, 0) is 6.42 Å². The Bertz CT molecular complexity index is 572. The van der Waals surface area contributed by atoms with Crippen LogP contribution in [0.5, 0.6) is 0 Å². The SMILES string of the molecule is CCc1cnc(CNC(=O)c2n[nH]c(CC)c2N)o1. The maximum atomic E-state index is 11.9. The summed E-state index contributed by atoms with van der Waals surface area (Å²) in [5.41, 5.74) is 7.17. The molecule has 2 aromatic heterocycles. The highest BCUT2D eigenvalue weighted by atomic mass is 16.4. The summed E-state index contributed by atoms with van der Waals surface area (Å²) < 4.78 is 5.39. The van der Waals surface area contributed by atoms with Crippen molar-refractivity contribution < 1.29 is 9.21 Å². The first-order valence-electron chi connectivity index (χ1n) is 6.20. The first-order valence-corrected chi connectivity index (χ1v) is 6.20. The zero-order valence-corrected chi connectivity index (χ0v) is 11.0. The fraction of sp³-hybridized carbons (Fsp3) is 0.417. The average Bonchev–Trinajstić information content (AvgIpc) is 3.02. The van der Waals surface area contributed by atoms with Crippen LogP contribution in [-0.4, -0.2) is 21.1 Å². The Kier molecular flexibility index (Phi) is 3.84. The smallest absolute Gasteiger partial charge is 0.274 e. The van der Waals surface area contributed by atoms with Crippen molar-refractivity contribution in [2.45, 2.75) is 33.2 Å². The largest absolute Gasteiger partial charge is 0.444 e. The summed E-state index contributed by atoms with van der Waals surface area (Å²) in [7, 11) is 0. The number of aromatic nitrogens is 3. The summed E-state index contributed by atoms with van der Waals surface area (Å²) in [6.45, 7) is 4.12. The van der Waals surface area contributed by atoms with Gasteiger partial charge in [0.25, 0.3) is 5.91 Å². The number of nitrogens with two attached hydrogens (primary N) is 1. The number of amides is 1. The number of hydrogen-bond acceptors (Lipinski definition) is 5. The molecule has 0 bridgehead atoms. The van der Waals surface area contributed by atoms with E-state index in [1.165, 1.54) is 0 Å². The number of aryl methyl sites for hydroxylation is 2. The number of hydrogen-bond donors (Lipinski definition) is 3. The highest BCUT2D eigenvalue weighted by Crippen LogP contribution is 2.14. The van der Waals surface area contributed by atoms with Crippen molar-refractivity contribution in [2.75, 3.05) is 5.73 Å². The Balaban J connectivity index is 1.99. The van der Waals surface area contributed by atoms with Crippen molar-refractivity contribution in [3.8, 4) is 0 Å². The molecule has 4 N–H and O–H groups in total. The molecular weight excluding hydrogens is 246 g/mol. The Morgan fingerprint density at radius 1 is 1.47 bits per heavy atom. The summed E-state index contributed by atoms with van der Waals surface area (Å²) in [6.07, 6.45) is 3.12. The molecule has 0 aliphatic heterocycles. The van der Waals surface area contributed by atoms with Crippen molar-refractivity contribution in [3.63, 3.8) is 0 Å². The van der Waals surface area contributed by atoms with E-state index in [4.69, 9.17) is 10.2 Å². The van der Waals surface area contributed by atoms with E-state index in [1.54, 1.807) is 6.20 Å². The number of oxazole rings is 1. The number of nitrogen functional groups attached to an aromatic ring is 1. The standard InChI is InChI=1S/C12H17N5O2/c1-3-7-5-14-9(19-7)6-15-12(18)11-10(13)8(4-2)16-17-11/h5H,3-4,6,13H2,1-2H3,(H,15,18)(H,16,17). The van der Waals surface area contributed by atoms with E-state index >= 15 is 0 Å². The minimum atomic E-state index is -0.343. The Morgan fingerprint density at radius 2 is 2.26 bits per heavy atom. The molecule has 0 fully saturated rings. The molecule has 0 spiro atoms. The third kappa shape index (κ3) is 2.75. The zero-order valence-electron chi connectivity index (χ0n) is 11.0. The lowest BCUT2D eigenvalue weighted by Gasteiger charge is -2.01. The number of nitrogens with one attached hydrogen (secondary N) is 2. The molecule has 7 heteroatoms. The van der Waals surface area contributed by atoms with Gasteiger partial charge in [-0.2, -0.15) is 5.10 Å². The van der Waals surface area contributed by atoms with Crippen LogP contribution in [0.15, 0.2) is 10.6 Å². The fourth-order valence-electron chi connectivity index (χ4n) is 1.66. The van der Waals surface area contributed by atoms with Crippen molar-refractivity contribution in [3.05, 3.63) is 29.2 Å². The van der Waals surface area contributed by atoms with Crippen LogP contribution in [0.1, 0.15) is 41.7 Å².